The molecule has 0 amide bonds. The lowest BCUT2D eigenvalue weighted by Crippen LogP contribution is -2.51. The van der Waals surface area contributed by atoms with E-state index in [-0.39, 0.29) is 0 Å². The lowest BCUT2D eigenvalue weighted by Gasteiger charge is -2.37. The van der Waals surface area contributed by atoms with E-state index in [1.54, 1.807) is 0 Å². The Bertz CT molecular complexity index is 345. The maximum atomic E-state index is 4.52. The van der Waals surface area contributed by atoms with E-state index in [0.29, 0.717) is 6.04 Å². The van der Waals surface area contributed by atoms with E-state index in [4.69, 9.17) is 0 Å². The number of rotatable bonds is 4. The zero-order valence-electron chi connectivity index (χ0n) is 14.1. The molecule has 0 saturated carbocycles. The van der Waals surface area contributed by atoms with Crippen molar-refractivity contribution in [2.24, 2.45) is 10.9 Å². The average molecular weight is 313 g/mol. The summed E-state index contributed by atoms with van der Waals surface area (Å²) in [5.74, 6) is 3.05. The Morgan fingerprint density at radius 1 is 1.38 bits per heavy atom. The second-order valence-corrected chi connectivity index (χ2v) is 7.80. The van der Waals surface area contributed by atoms with Gasteiger partial charge in [0.15, 0.2) is 5.96 Å². The van der Waals surface area contributed by atoms with Crippen LogP contribution in [-0.2, 0) is 0 Å². The summed E-state index contributed by atoms with van der Waals surface area (Å²) >= 11 is 2.12. The van der Waals surface area contributed by atoms with Crippen molar-refractivity contribution in [3.05, 3.63) is 0 Å². The van der Waals surface area contributed by atoms with Crippen LogP contribution in [-0.4, -0.2) is 72.6 Å². The summed E-state index contributed by atoms with van der Waals surface area (Å²) in [6, 6.07) is 0.687. The number of hydrogen-bond donors (Lipinski definition) is 1. The van der Waals surface area contributed by atoms with Crippen molar-refractivity contribution < 1.29 is 0 Å². The van der Waals surface area contributed by atoms with Gasteiger partial charge in [-0.2, -0.15) is 11.8 Å². The quantitative estimate of drug-likeness (QED) is 0.636. The van der Waals surface area contributed by atoms with Gasteiger partial charge in [0.2, 0.25) is 0 Å². The molecule has 2 rings (SSSR count). The van der Waals surface area contributed by atoms with Crippen molar-refractivity contribution in [3.8, 4) is 0 Å². The Morgan fingerprint density at radius 3 is 2.86 bits per heavy atom. The zero-order chi connectivity index (χ0) is 15.2. The molecule has 4 nitrogen and oxygen atoms in total. The summed E-state index contributed by atoms with van der Waals surface area (Å²) in [7, 11) is 1.92. The van der Waals surface area contributed by atoms with Gasteiger partial charge >= 0.3 is 0 Å². The molecule has 0 bridgehead atoms. The molecule has 2 aliphatic heterocycles. The third-order valence-corrected chi connectivity index (χ3v) is 6.29. The molecule has 0 aromatic heterocycles. The number of thioether (sulfide) groups is 1. The highest BCUT2D eigenvalue weighted by molar-refractivity contribution is 8.00. The summed E-state index contributed by atoms with van der Waals surface area (Å²) in [5.41, 5.74) is 0. The molecule has 0 spiro atoms. The third kappa shape index (κ3) is 4.52. The second kappa shape index (κ2) is 8.28. The SMILES string of the molecule is CCN1CCCC1CNC(=NC)N1CCSC(C(C)C)C1. The van der Waals surface area contributed by atoms with Gasteiger partial charge in [0.05, 0.1) is 0 Å². The highest BCUT2D eigenvalue weighted by atomic mass is 32.2. The minimum absolute atomic E-state index is 0.687. The number of likely N-dealkylation sites (N-methyl/N-ethyl adjacent to an activating group) is 1. The lowest BCUT2D eigenvalue weighted by molar-refractivity contribution is 0.264. The standard InChI is InChI=1S/C16H32N4S/c1-5-19-8-6-7-14(19)11-18-16(17-4)20-9-10-21-15(12-20)13(2)3/h13-15H,5-12H2,1-4H3,(H,17,18). The third-order valence-electron chi connectivity index (χ3n) is 4.75. The molecule has 122 valence electrons. The van der Waals surface area contributed by atoms with Crippen molar-refractivity contribution in [2.45, 2.75) is 44.9 Å². The smallest absolute Gasteiger partial charge is 0.193 e. The minimum Gasteiger partial charge on any atom is -0.355 e. The van der Waals surface area contributed by atoms with Gasteiger partial charge < -0.3 is 10.2 Å². The number of nitrogens with one attached hydrogen (secondary N) is 1. The van der Waals surface area contributed by atoms with Crippen LogP contribution in [0.5, 0.6) is 0 Å². The largest absolute Gasteiger partial charge is 0.355 e. The van der Waals surface area contributed by atoms with Gasteiger partial charge in [-0.25, -0.2) is 0 Å². The highest BCUT2D eigenvalue weighted by Crippen LogP contribution is 2.25. The van der Waals surface area contributed by atoms with Crippen molar-refractivity contribution in [1.29, 1.82) is 0 Å². The van der Waals surface area contributed by atoms with Crippen LogP contribution in [0.3, 0.4) is 0 Å². The van der Waals surface area contributed by atoms with Crippen LogP contribution in [0.15, 0.2) is 4.99 Å². The molecule has 2 unspecified atom stereocenters. The molecule has 0 radical (unpaired) electrons. The average Bonchev–Trinajstić information content (AvgIpc) is 2.95. The predicted octanol–water partition coefficient (Wildman–Crippen LogP) is 2.12. The van der Waals surface area contributed by atoms with Crippen molar-refractivity contribution in [1.82, 2.24) is 15.1 Å². The molecule has 5 heteroatoms. The molecule has 1 N–H and O–H groups in total. The first-order valence-electron chi connectivity index (χ1n) is 8.47. The summed E-state index contributed by atoms with van der Waals surface area (Å²) in [4.78, 5) is 9.56. The van der Waals surface area contributed by atoms with Crippen molar-refractivity contribution in [3.63, 3.8) is 0 Å². The minimum atomic E-state index is 0.687. The van der Waals surface area contributed by atoms with E-state index in [9.17, 15) is 0 Å². The molecule has 2 heterocycles. The Morgan fingerprint density at radius 2 is 2.19 bits per heavy atom. The van der Waals surface area contributed by atoms with Gasteiger partial charge in [0, 0.05) is 43.7 Å². The maximum Gasteiger partial charge on any atom is 0.193 e. The number of hydrogen-bond acceptors (Lipinski definition) is 3. The van der Waals surface area contributed by atoms with Gasteiger partial charge in [0.25, 0.3) is 0 Å². The lowest BCUT2D eigenvalue weighted by atomic mass is 10.1. The van der Waals surface area contributed by atoms with Crippen LogP contribution in [0.4, 0.5) is 0 Å². The molecule has 2 saturated heterocycles. The topological polar surface area (TPSA) is 30.9 Å². The van der Waals surface area contributed by atoms with Crippen LogP contribution >= 0.6 is 11.8 Å². The zero-order valence-corrected chi connectivity index (χ0v) is 15.0. The Hall–Kier alpha value is -0.420. The second-order valence-electron chi connectivity index (χ2n) is 6.45. The molecular formula is C16H32N4S. The van der Waals surface area contributed by atoms with Crippen LogP contribution in [0.25, 0.3) is 0 Å². The number of likely N-dealkylation sites (tertiary alicyclic amines) is 1. The van der Waals surface area contributed by atoms with E-state index in [1.807, 2.05) is 7.05 Å². The summed E-state index contributed by atoms with van der Waals surface area (Å²) in [5, 5.41) is 4.36. The van der Waals surface area contributed by atoms with Gasteiger partial charge in [-0.3, -0.25) is 9.89 Å². The number of aliphatic imine (C=N–C) groups is 1. The Labute approximate surface area is 134 Å². The molecule has 0 aromatic rings. The molecule has 0 aliphatic carbocycles. The fourth-order valence-corrected chi connectivity index (χ4v) is 4.65. The van der Waals surface area contributed by atoms with E-state index in [0.717, 1.165) is 36.8 Å². The molecule has 2 aliphatic rings. The Kier molecular flexibility index (Phi) is 6.68. The van der Waals surface area contributed by atoms with Gasteiger partial charge in [0.1, 0.15) is 0 Å². The fourth-order valence-electron chi connectivity index (χ4n) is 3.36. The molecule has 21 heavy (non-hydrogen) atoms. The van der Waals surface area contributed by atoms with Gasteiger partial charge in [-0.1, -0.05) is 20.8 Å². The summed E-state index contributed by atoms with van der Waals surface area (Å²) < 4.78 is 0. The van der Waals surface area contributed by atoms with Gasteiger partial charge in [-0.05, 0) is 31.8 Å². The van der Waals surface area contributed by atoms with Crippen LogP contribution in [0, 0.1) is 5.92 Å². The molecular weight excluding hydrogens is 280 g/mol. The predicted molar refractivity (Wildman–Crippen MR) is 94.3 cm³/mol. The molecule has 2 atom stereocenters. The fraction of sp³-hybridized carbons (Fsp3) is 0.938. The maximum absolute atomic E-state index is 4.52. The van der Waals surface area contributed by atoms with Crippen molar-refractivity contribution >= 4 is 17.7 Å². The number of guanidine groups is 1. The van der Waals surface area contributed by atoms with E-state index < -0.39 is 0 Å². The van der Waals surface area contributed by atoms with E-state index >= 15 is 0 Å². The van der Waals surface area contributed by atoms with E-state index in [2.05, 4.69) is 52.6 Å². The van der Waals surface area contributed by atoms with Crippen LogP contribution in [0.2, 0.25) is 0 Å². The monoisotopic (exact) mass is 312 g/mol. The normalized spacial score (nSPS) is 28.4. The summed E-state index contributed by atoms with van der Waals surface area (Å²) in [6.45, 7) is 12.6. The summed E-state index contributed by atoms with van der Waals surface area (Å²) in [6.07, 6.45) is 2.66. The van der Waals surface area contributed by atoms with E-state index in [1.165, 1.54) is 31.7 Å². The van der Waals surface area contributed by atoms with Crippen LogP contribution < -0.4 is 5.32 Å². The van der Waals surface area contributed by atoms with Gasteiger partial charge in [-0.15, -0.1) is 0 Å². The Balaban J connectivity index is 1.85. The highest BCUT2D eigenvalue weighted by Gasteiger charge is 2.27. The van der Waals surface area contributed by atoms with Crippen molar-refractivity contribution in [2.75, 3.05) is 45.5 Å². The van der Waals surface area contributed by atoms with Crippen LogP contribution in [0.1, 0.15) is 33.6 Å². The first-order valence-corrected chi connectivity index (χ1v) is 9.51. The molecule has 2 fully saturated rings. The molecule has 0 aromatic carbocycles. The number of nitrogens with zero attached hydrogens (tertiary/aromatic N) is 3. The first kappa shape index (κ1) is 16.9. The first-order chi connectivity index (χ1) is 10.2.